The van der Waals surface area contributed by atoms with Crippen LogP contribution in [0.25, 0.3) is 0 Å². The fourth-order valence-electron chi connectivity index (χ4n) is 2.63. The van der Waals surface area contributed by atoms with Gasteiger partial charge in [0.2, 0.25) is 0 Å². The van der Waals surface area contributed by atoms with E-state index in [4.69, 9.17) is 4.74 Å². The number of hydrogen-bond donors (Lipinski definition) is 1. The molecular weight excluding hydrogens is 262 g/mol. The molecule has 1 N–H and O–H groups in total. The van der Waals surface area contributed by atoms with Crippen LogP contribution in [0.3, 0.4) is 0 Å². The number of amides is 1. The summed E-state index contributed by atoms with van der Waals surface area (Å²) in [5.74, 6) is 2.34. The lowest BCUT2D eigenvalue weighted by Gasteiger charge is -2.25. The van der Waals surface area contributed by atoms with Crippen LogP contribution in [-0.4, -0.2) is 19.1 Å². The quantitative estimate of drug-likeness (QED) is 0.831. The molecule has 0 aliphatic carbocycles. The highest BCUT2D eigenvalue weighted by molar-refractivity contribution is 5.77. The van der Waals surface area contributed by atoms with E-state index in [1.807, 2.05) is 26.0 Å². The summed E-state index contributed by atoms with van der Waals surface area (Å²) in [4.78, 5) is 11.9. The number of rotatable bonds is 7. The Morgan fingerprint density at radius 1 is 1.14 bits per heavy atom. The van der Waals surface area contributed by atoms with Crippen LogP contribution in [0.4, 0.5) is 0 Å². The van der Waals surface area contributed by atoms with Crippen LogP contribution >= 0.6 is 0 Å². The third kappa shape index (κ3) is 5.78. The van der Waals surface area contributed by atoms with Crippen LogP contribution in [0, 0.1) is 31.6 Å². The second-order valence-corrected chi connectivity index (χ2v) is 6.51. The first-order valence-electron chi connectivity index (χ1n) is 7.78. The molecule has 0 bridgehead atoms. The van der Waals surface area contributed by atoms with Gasteiger partial charge in [-0.15, -0.1) is 0 Å². The standard InChI is InChI=1S/C18H29NO2/c1-12(2)16(13(3)4)10-19-18(20)11-21-17-8-7-14(5)9-15(17)6/h7-9,12-13,16H,10-11H2,1-6H3,(H,19,20). The van der Waals surface area contributed by atoms with Gasteiger partial charge in [0.1, 0.15) is 5.75 Å². The van der Waals surface area contributed by atoms with E-state index in [0.717, 1.165) is 11.3 Å². The van der Waals surface area contributed by atoms with Crippen molar-refractivity contribution in [2.45, 2.75) is 41.5 Å². The fraction of sp³-hybridized carbons (Fsp3) is 0.611. The minimum absolute atomic E-state index is 0.0544. The molecule has 0 aliphatic heterocycles. The minimum Gasteiger partial charge on any atom is -0.484 e. The molecule has 0 saturated carbocycles. The topological polar surface area (TPSA) is 38.3 Å². The normalized spacial score (nSPS) is 11.3. The van der Waals surface area contributed by atoms with Gasteiger partial charge in [0.05, 0.1) is 0 Å². The fourth-order valence-corrected chi connectivity index (χ4v) is 2.63. The van der Waals surface area contributed by atoms with Crippen LogP contribution in [-0.2, 0) is 4.79 Å². The molecule has 3 heteroatoms. The summed E-state index contributed by atoms with van der Waals surface area (Å²) >= 11 is 0. The molecule has 118 valence electrons. The molecule has 1 aromatic rings. The Labute approximate surface area is 129 Å². The smallest absolute Gasteiger partial charge is 0.257 e. The zero-order valence-corrected chi connectivity index (χ0v) is 14.2. The summed E-state index contributed by atoms with van der Waals surface area (Å²) in [5, 5.41) is 2.98. The maximum Gasteiger partial charge on any atom is 0.257 e. The van der Waals surface area contributed by atoms with Gasteiger partial charge in [-0.25, -0.2) is 0 Å². The molecule has 0 spiro atoms. The summed E-state index contributed by atoms with van der Waals surface area (Å²) < 4.78 is 5.59. The molecule has 1 rings (SSSR count). The Morgan fingerprint density at radius 2 is 1.76 bits per heavy atom. The molecule has 0 aromatic heterocycles. The molecule has 0 unspecified atom stereocenters. The van der Waals surface area contributed by atoms with Gasteiger partial charge in [0.15, 0.2) is 6.61 Å². The van der Waals surface area contributed by atoms with E-state index in [1.54, 1.807) is 0 Å². The highest BCUT2D eigenvalue weighted by Gasteiger charge is 2.18. The summed E-state index contributed by atoms with van der Waals surface area (Å²) in [6.45, 7) is 13.6. The van der Waals surface area contributed by atoms with E-state index < -0.39 is 0 Å². The number of carbonyl (C=O) groups excluding carboxylic acids is 1. The van der Waals surface area contributed by atoms with Crippen LogP contribution in [0.5, 0.6) is 5.75 Å². The van der Waals surface area contributed by atoms with Gasteiger partial charge >= 0.3 is 0 Å². The molecule has 0 atom stereocenters. The average molecular weight is 291 g/mol. The second-order valence-electron chi connectivity index (χ2n) is 6.51. The molecule has 1 aromatic carbocycles. The van der Waals surface area contributed by atoms with E-state index in [0.29, 0.717) is 24.3 Å². The molecule has 0 radical (unpaired) electrons. The van der Waals surface area contributed by atoms with Crippen molar-refractivity contribution in [3.05, 3.63) is 29.3 Å². The van der Waals surface area contributed by atoms with Gasteiger partial charge in [-0.1, -0.05) is 45.4 Å². The predicted molar refractivity (Wildman–Crippen MR) is 87.6 cm³/mol. The minimum atomic E-state index is -0.0544. The van der Waals surface area contributed by atoms with Gasteiger partial charge < -0.3 is 10.1 Å². The SMILES string of the molecule is Cc1ccc(OCC(=O)NCC(C(C)C)C(C)C)c(C)c1. The van der Waals surface area contributed by atoms with Crippen molar-refractivity contribution in [3.8, 4) is 5.75 Å². The summed E-state index contributed by atoms with van der Waals surface area (Å²) in [7, 11) is 0. The number of hydrogen-bond acceptors (Lipinski definition) is 2. The highest BCUT2D eigenvalue weighted by atomic mass is 16.5. The lowest BCUT2D eigenvalue weighted by molar-refractivity contribution is -0.123. The first kappa shape index (κ1) is 17.5. The highest BCUT2D eigenvalue weighted by Crippen LogP contribution is 2.20. The first-order valence-corrected chi connectivity index (χ1v) is 7.78. The van der Waals surface area contributed by atoms with Crippen LogP contribution < -0.4 is 10.1 Å². The monoisotopic (exact) mass is 291 g/mol. The Hall–Kier alpha value is -1.51. The van der Waals surface area contributed by atoms with Gasteiger partial charge in [0, 0.05) is 6.54 Å². The van der Waals surface area contributed by atoms with E-state index >= 15 is 0 Å². The van der Waals surface area contributed by atoms with Crippen molar-refractivity contribution in [2.75, 3.05) is 13.2 Å². The van der Waals surface area contributed by atoms with Crippen molar-refractivity contribution in [1.29, 1.82) is 0 Å². The van der Waals surface area contributed by atoms with Crippen LogP contribution in [0.2, 0.25) is 0 Å². The average Bonchev–Trinajstić information content (AvgIpc) is 2.37. The maximum atomic E-state index is 11.9. The number of ether oxygens (including phenoxy) is 1. The predicted octanol–water partition coefficient (Wildman–Crippen LogP) is 3.73. The Morgan fingerprint density at radius 3 is 2.29 bits per heavy atom. The van der Waals surface area contributed by atoms with Gasteiger partial charge in [-0.05, 0) is 43.2 Å². The molecule has 0 heterocycles. The number of nitrogens with one attached hydrogen (secondary N) is 1. The molecule has 3 nitrogen and oxygen atoms in total. The molecule has 0 saturated heterocycles. The maximum absolute atomic E-state index is 11.9. The van der Waals surface area contributed by atoms with E-state index in [2.05, 4.69) is 39.1 Å². The van der Waals surface area contributed by atoms with Crippen LogP contribution in [0.1, 0.15) is 38.8 Å². The largest absolute Gasteiger partial charge is 0.484 e. The van der Waals surface area contributed by atoms with Crippen molar-refractivity contribution in [2.24, 2.45) is 17.8 Å². The number of benzene rings is 1. The number of carbonyl (C=O) groups is 1. The second kappa shape index (κ2) is 8.06. The van der Waals surface area contributed by atoms with Gasteiger partial charge in [0.25, 0.3) is 5.91 Å². The third-order valence-electron chi connectivity index (χ3n) is 3.94. The number of aryl methyl sites for hydroxylation is 2. The zero-order valence-electron chi connectivity index (χ0n) is 14.2. The lowest BCUT2D eigenvalue weighted by Crippen LogP contribution is -2.36. The van der Waals surface area contributed by atoms with Crippen LogP contribution in [0.15, 0.2) is 18.2 Å². The van der Waals surface area contributed by atoms with E-state index in [-0.39, 0.29) is 12.5 Å². The van der Waals surface area contributed by atoms with E-state index in [9.17, 15) is 4.79 Å². The Bertz CT molecular complexity index is 458. The first-order chi connectivity index (χ1) is 9.81. The third-order valence-corrected chi connectivity index (χ3v) is 3.94. The van der Waals surface area contributed by atoms with Crippen molar-refractivity contribution < 1.29 is 9.53 Å². The summed E-state index contributed by atoms with van der Waals surface area (Å²) in [6.07, 6.45) is 0. The van der Waals surface area contributed by atoms with Crippen molar-refractivity contribution in [3.63, 3.8) is 0 Å². The molecular formula is C18H29NO2. The summed E-state index contributed by atoms with van der Waals surface area (Å²) in [5.41, 5.74) is 2.26. The molecule has 21 heavy (non-hydrogen) atoms. The van der Waals surface area contributed by atoms with Crippen molar-refractivity contribution >= 4 is 5.91 Å². The Kier molecular flexibility index (Phi) is 6.73. The molecule has 0 aliphatic rings. The van der Waals surface area contributed by atoms with Crippen molar-refractivity contribution in [1.82, 2.24) is 5.32 Å². The zero-order chi connectivity index (χ0) is 16.0. The Balaban J connectivity index is 2.44. The molecule has 0 fully saturated rings. The van der Waals surface area contributed by atoms with Gasteiger partial charge in [-0.2, -0.15) is 0 Å². The lowest BCUT2D eigenvalue weighted by atomic mass is 9.85. The molecule has 1 amide bonds. The van der Waals surface area contributed by atoms with Gasteiger partial charge in [-0.3, -0.25) is 4.79 Å². The summed E-state index contributed by atoms with van der Waals surface area (Å²) in [6, 6.07) is 5.97. The van der Waals surface area contributed by atoms with E-state index in [1.165, 1.54) is 5.56 Å².